The van der Waals surface area contributed by atoms with Crippen LogP contribution in [-0.2, 0) is 4.79 Å². The average molecular weight is 288 g/mol. The maximum atomic E-state index is 13.6. The Balaban J connectivity index is 2.06. The normalized spacial score (nSPS) is 11.8. The molecule has 0 saturated carbocycles. The lowest BCUT2D eigenvalue weighted by molar-refractivity contribution is -0.122. The topological polar surface area (TPSA) is 64.3 Å². The monoisotopic (exact) mass is 288 g/mol. The van der Waals surface area contributed by atoms with Gasteiger partial charge in [-0.1, -0.05) is 18.2 Å². The van der Waals surface area contributed by atoms with E-state index in [1.807, 2.05) is 25.1 Å². The first kappa shape index (κ1) is 14.8. The van der Waals surface area contributed by atoms with Gasteiger partial charge in [-0.25, -0.2) is 4.39 Å². The predicted octanol–water partition coefficient (Wildman–Crippen LogP) is 3.12. The van der Waals surface area contributed by atoms with Gasteiger partial charge in [0, 0.05) is 5.69 Å². The highest BCUT2D eigenvalue weighted by atomic mass is 19.1. The van der Waals surface area contributed by atoms with E-state index in [0.29, 0.717) is 11.4 Å². The van der Waals surface area contributed by atoms with Gasteiger partial charge in [0.1, 0.15) is 11.6 Å². The molecule has 0 bridgehead atoms. The lowest BCUT2D eigenvalue weighted by Crippen LogP contribution is -2.30. The number of ether oxygens (including phenoxy) is 1. The van der Waals surface area contributed by atoms with E-state index in [1.54, 1.807) is 13.0 Å². The summed E-state index contributed by atoms with van der Waals surface area (Å²) in [7, 11) is 0. The number of carbonyl (C=O) groups is 1. The van der Waals surface area contributed by atoms with Gasteiger partial charge in [0.15, 0.2) is 6.10 Å². The van der Waals surface area contributed by atoms with Crippen molar-refractivity contribution in [1.29, 1.82) is 0 Å². The van der Waals surface area contributed by atoms with Gasteiger partial charge in [0.2, 0.25) is 0 Å². The van der Waals surface area contributed by atoms with E-state index < -0.39 is 17.8 Å². The number of nitrogen functional groups attached to an aromatic ring is 1. The number of hydrogen-bond acceptors (Lipinski definition) is 3. The zero-order valence-corrected chi connectivity index (χ0v) is 11.9. The van der Waals surface area contributed by atoms with Crippen molar-refractivity contribution < 1.29 is 13.9 Å². The largest absolute Gasteiger partial charge is 0.481 e. The van der Waals surface area contributed by atoms with E-state index in [4.69, 9.17) is 10.5 Å². The van der Waals surface area contributed by atoms with Crippen molar-refractivity contribution in [2.75, 3.05) is 11.1 Å². The second kappa shape index (κ2) is 6.26. The molecule has 1 amide bonds. The minimum absolute atomic E-state index is 0.0419. The Morgan fingerprint density at radius 2 is 2.00 bits per heavy atom. The highest BCUT2D eigenvalue weighted by Crippen LogP contribution is 2.20. The summed E-state index contributed by atoms with van der Waals surface area (Å²) in [5.41, 5.74) is 6.91. The Bertz CT molecular complexity index is 658. The quantitative estimate of drug-likeness (QED) is 0.850. The second-order valence-electron chi connectivity index (χ2n) is 4.75. The Morgan fingerprint density at radius 1 is 1.29 bits per heavy atom. The Morgan fingerprint density at radius 3 is 2.71 bits per heavy atom. The van der Waals surface area contributed by atoms with E-state index in [2.05, 4.69) is 5.32 Å². The highest BCUT2D eigenvalue weighted by molar-refractivity contribution is 5.94. The molecular weight excluding hydrogens is 271 g/mol. The molecule has 0 aliphatic carbocycles. The molecule has 2 aromatic carbocycles. The van der Waals surface area contributed by atoms with Gasteiger partial charge in [0.25, 0.3) is 5.91 Å². The number of rotatable bonds is 4. The van der Waals surface area contributed by atoms with Gasteiger partial charge in [-0.2, -0.15) is 0 Å². The number of nitrogens with two attached hydrogens (primary N) is 1. The third kappa shape index (κ3) is 3.72. The van der Waals surface area contributed by atoms with Crippen molar-refractivity contribution in [2.24, 2.45) is 0 Å². The molecule has 0 unspecified atom stereocenters. The lowest BCUT2D eigenvalue weighted by Gasteiger charge is -2.16. The molecular formula is C16H17FN2O2. The van der Waals surface area contributed by atoms with Crippen LogP contribution >= 0.6 is 0 Å². The van der Waals surface area contributed by atoms with Gasteiger partial charge >= 0.3 is 0 Å². The fourth-order valence-electron chi connectivity index (χ4n) is 1.81. The third-order valence-corrected chi connectivity index (χ3v) is 3.01. The molecule has 5 heteroatoms. The fraction of sp³-hybridized carbons (Fsp3) is 0.188. The summed E-state index contributed by atoms with van der Waals surface area (Å²) in [6.45, 7) is 3.49. The number of hydrogen-bond donors (Lipinski definition) is 2. The summed E-state index contributed by atoms with van der Waals surface area (Å²) in [6.07, 6.45) is -0.757. The number of halogens is 1. The van der Waals surface area contributed by atoms with Gasteiger partial charge < -0.3 is 15.8 Å². The molecule has 0 spiro atoms. The number of nitrogens with one attached hydrogen (secondary N) is 1. The number of para-hydroxylation sites is 1. The maximum absolute atomic E-state index is 13.6. The van der Waals surface area contributed by atoms with Crippen LogP contribution in [0.15, 0.2) is 42.5 Å². The summed E-state index contributed by atoms with van der Waals surface area (Å²) in [5, 5.41) is 2.47. The average Bonchev–Trinajstić information content (AvgIpc) is 2.45. The fourth-order valence-corrected chi connectivity index (χ4v) is 1.81. The summed E-state index contributed by atoms with van der Waals surface area (Å²) in [4.78, 5) is 12.0. The smallest absolute Gasteiger partial charge is 0.265 e. The first-order valence-electron chi connectivity index (χ1n) is 6.55. The first-order chi connectivity index (χ1) is 9.97. The van der Waals surface area contributed by atoms with Crippen molar-refractivity contribution in [3.05, 3.63) is 53.8 Å². The van der Waals surface area contributed by atoms with Crippen LogP contribution in [0.1, 0.15) is 12.5 Å². The van der Waals surface area contributed by atoms with Crippen molar-refractivity contribution >= 4 is 17.3 Å². The van der Waals surface area contributed by atoms with Crippen LogP contribution in [0, 0.1) is 12.7 Å². The van der Waals surface area contributed by atoms with Crippen LogP contribution in [0.3, 0.4) is 0 Å². The molecule has 3 N–H and O–H groups in total. The third-order valence-electron chi connectivity index (χ3n) is 3.01. The van der Waals surface area contributed by atoms with E-state index in [1.165, 1.54) is 18.2 Å². The van der Waals surface area contributed by atoms with Gasteiger partial charge in [0.05, 0.1) is 5.69 Å². The van der Waals surface area contributed by atoms with Crippen LogP contribution in [0.5, 0.6) is 5.75 Å². The molecule has 0 aliphatic rings. The standard InChI is InChI=1S/C16H17FN2O2/c1-10-5-3-4-6-15(10)21-11(2)16(20)19-14-9-12(18)7-8-13(14)17/h3-9,11H,18H2,1-2H3,(H,19,20)/t11-/m1/s1. The second-order valence-corrected chi connectivity index (χ2v) is 4.75. The summed E-state index contributed by atoms with van der Waals surface area (Å²) in [5.74, 6) is -0.364. The van der Waals surface area contributed by atoms with Gasteiger partial charge in [-0.15, -0.1) is 0 Å². The Hall–Kier alpha value is -2.56. The minimum Gasteiger partial charge on any atom is -0.481 e. The number of anilines is 2. The molecule has 21 heavy (non-hydrogen) atoms. The SMILES string of the molecule is Cc1ccccc1O[C@H](C)C(=O)Nc1cc(N)ccc1F. The molecule has 0 fully saturated rings. The molecule has 2 rings (SSSR count). The molecule has 4 nitrogen and oxygen atoms in total. The van der Waals surface area contributed by atoms with Gasteiger partial charge in [-0.05, 0) is 43.7 Å². The number of carbonyl (C=O) groups excluding carboxylic acids is 1. The molecule has 0 saturated heterocycles. The first-order valence-corrected chi connectivity index (χ1v) is 6.55. The molecule has 2 aromatic rings. The molecule has 0 heterocycles. The summed E-state index contributed by atoms with van der Waals surface area (Å²) in [6, 6.07) is 11.4. The predicted molar refractivity (Wildman–Crippen MR) is 80.7 cm³/mol. The van der Waals surface area contributed by atoms with Crippen molar-refractivity contribution in [3.8, 4) is 5.75 Å². The molecule has 1 atom stereocenters. The zero-order chi connectivity index (χ0) is 15.4. The van der Waals surface area contributed by atoms with Crippen LogP contribution in [-0.4, -0.2) is 12.0 Å². The summed E-state index contributed by atoms with van der Waals surface area (Å²) < 4.78 is 19.2. The van der Waals surface area contributed by atoms with Crippen LogP contribution in [0.2, 0.25) is 0 Å². The van der Waals surface area contributed by atoms with Gasteiger partial charge in [-0.3, -0.25) is 4.79 Å². The van der Waals surface area contributed by atoms with E-state index >= 15 is 0 Å². The Labute approximate surface area is 122 Å². The zero-order valence-electron chi connectivity index (χ0n) is 11.9. The minimum atomic E-state index is -0.757. The molecule has 110 valence electrons. The van der Waals surface area contributed by atoms with Crippen molar-refractivity contribution in [1.82, 2.24) is 0 Å². The highest BCUT2D eigenvalue weighted by Gasteiger charge is 2.17. The number of aryl methyl sites for hydroxylation is 1. The molecule has 0 aliphatic heterocycles. The Kier molecular flexibility index (Phi) is 4.42. The summed E-state index contributed by atoms with van der Waals surface area (Å²) >= 11 is 0. The van der Waals surface area contributed by atoms with E-state index in [-0.39, 0.29) is 5.69 Å². The van der Waals surface area contributed by atoms with E-state index in [9.17, 15) is 9.18 Å². The number of benzene rings is 2. The molecule has 0 radical (unpaired) electrons. The van der Waals surface area contributed by atoms with Crippen molar-refractivity contribution in [3.63, 3.8) is 0 Å². The van der Waals surface area contributed by atoms with Crippen LogP contribution in [0.25, 0.3) is 0 Å². The van der Waals surface area contributed by atoms with E-state index in [0.717, 1.165) is 5.56 Å². The van der Waals surface area contributed by atoms with Crippen molar-refractivity contribution in [2.45, 2.75) is 20.0 Å². The van der Waals surface area contributed by atoms with Crippen LogP contribution in [0.4, 0.5) is 15.8 Å². The maximum Gasteiger partial charge on any atom is 0.265 e. The molecule has 0 aromatic heterocycles. The lowest BCUT2D eigenvalue weighted by atomic mass is 10.2. The number of amides is 1. The van der Waals surface area contributed by atoms with Crippen LogP contribution < -0.4 is 15.8 Å².